The lowest BCUT2D eigenvalue weighted by Crippen LogP contribution is -2.45. The first-order chi connectivity index (χ1) is 5.63. The number of nitrogens with zero attached hydrogens (tertiary/aromatic N) is 1. The van der Waals surface area contributed by atoms with Gasteiger partial charge in [-0.15, -0.1) is 0 Å². The van der Waals surface area contributed by atoms with Crippen molar-refractivity contribution in [1.29, 1.82) is 0 Å². The smallest absolute Gasteiger partial charge is 0.326 e. The van der Waals surface area contributed by atoms with Gasteiger partial charge in [0.05, 0.1) is 0 Å². The summed E-state index contributed by atoms with van der Waals surface area (Å²) in [5.41, 5.74) is 0. The molecule has 1 saturated heterocycles. The van der Waals surface area contributed by atoms with Gasteiger partial charge in [-0.3, -0.25) is 4.79 Å². The summed E-state index contributed by atoms with van der Waals surface area (Å²) in [4.78, 5) is 22.6. The molecule has 0 radical (unpaired) electrons. The van der Waals surface area contributed by atoms with Crippen LogP contribution >= 0.6 is 11.6 Å². The molecule has 1 aliphatic rings. The van der Waals surface area contributed by atoms with Crippen LogP contribution in [0.1, 0.15) is 19.3 Å². The molecule has 0 aliphatic carbocycles. The summed E-state index contributed by atoms with van der Waals surface area (Å²) in [7, 11) is 0. The lowest BCUT2D eigenvalue weighted by molar-refractivity contribution is -0.143. The molecule has 68 valence electrons. The first-order valence-corrected chi connectivity index (χ1v) is 4.19. The third-order valence-corrected chi connectivity index (χ3v) is 2.23. The maximum Gasteiger partial charge on any atom is 0.326 e. The van der Waals surface area contributed by atoms with E-state index in [1.165, 1.54) is 4.90 Å². The number of carboxylic acids is 1. The lowest BCUT2D eigenvalue weighted by Gasteiger charge is -2.30. The number of amides is 1. The highest BCUT2D eigenvalue weighted by atomic mass is 35.5. The number of rotatable bonds is 1. The van der Waals surface area contributed by atoms with Crippen LogP contribution in [-0.4, -0.2) is 33.9 Å². The summed E-state index contributed by atoms with van der Waals surface area (Å²) >= 11 is 5.22. The van der Waals surface area contributed by atoms with Crippen molar-refractivity contribution in [2.24, 2.45) is 0 Å². The van der Waals surface area contributed by atoms with Gasteiger partial charge in [0.15, 0.2) is 0 Å². The minimum atomic E-state index is -0.969. The molecule has 5 heteroatoms. The third kappa shape index (κ3) is 1.88. The van der Waals surface area contributed by atoms with Crippen molar-refractivity contribution < 1.29 is 14.7 Å². The van der Waals surface area contributed by atoms with Crippen LogP contribution in [0.5, 0.6) is 0 Å². The van der Waals surface area contributed by atoms with Gasteiger partial charge in [0.2, 0.25) is 0 Å². The first kappa shape index (κ1) is 9.32. The van der Waals surface area contributed by atoms with E-state index in [-0.39, 0.29) is 0 Å². The van der Waals surface area contributed by atoms with E-state index >= 15 is 0 Å². The van der Waals surface area contributed by atoms with Gasteiger partial charge >= 0.3 is 11.3 Å². The van der Waals surface area contributed by atoms with Gasteiger partial charge < -0.3 is 10.0 Å². The van der Waals surface area contributed by atoms with Crippen LogP contribution < -0.4 is 0 Å². The van der Waals surface area contributed by atoms with Crippen LogP contribution in [0.25, 0.3) is 0 Å². The van der Waals surface area contributed by atoms with Gasteiger partial charge in [-0.25, -0.2) is 4.79 Å². The second-order valence-corrected chi connectivity index (χ2v) is 3.12. The summed E-state index contributed by atoms with van der Waals surface area (Å²) in [6.07, 6.45) is 2.19. The molecule has 0 aromatic rings. The van der Waals surface area contributed by atoms with Crippen LogP contribution in [0.2, 0.25) is 0 Å². The van der Waals surface area contributed by atoms with E-state index in [4.69, 9.17) is 16.7 Å². The Kier molecular flexibility index (Phi) is 2.92. The fourth-order valence-corrected chi connectivity index (χ4v) is 1.60. The molecule has 1 aliphatic heterocycles. The van der Waals surface area contributed by atoms with Crippen LogP contribution in [0, 0.1) is 0 Å². The van der Waals surface area contributed by atoms with Gasteiger partial charge in [-0.2, -0.15) is 0 Å². The number of hydrogen-bond donors (Lipinski definition) is 1. The number of likely N-dealkylation sites (tertiary alicyclic amines) is 1. The van der Waals surface area contributed by atoms with E-state index in [0.717, 1.165) is 12.8 Å². The van der Waals surface area contributed by atoms with Gasteiger partial charge in [-0.05, 0) is 30.9 Å². The fourth-order valence-electron chi connectivity index (χ4n) is 1.40. The minimum Gasteiger partial charge on any atom is -0.480 e. The molecule has 0 aromatic carbocycles. The van der Waals surface area contributed by atoms with Crippen molar-refractivity contribution in [1.82, 2.24) is 4.90 Å². The zero-order valence-corrected chi connectivity index (χ0v) is 7.25. The Morgan fingerprint density at radius 2 is 2.08 bits per heavy atom. The molecular weight excluding hydrogens is 182 g/mol. The molecule has 1 atom stereocenters. The molecule has 1 fully saturated rings. The molecule has 1 rings (SSSR count). The van der Waals surface area contributed by atoms with Crippen molar-refractivity contribution in [3.8, 4) is 0 Å². The van der Waals surface area contributed by atoms with Gasteiger partial charge in [0.1, 0.15) is 6.04 Å². The Labute approximate surface area is 75.1 Å². The zero-order chi connectivity index (χ0) is 9.14. The molecule has 0 aromatic heterocycles. The molecule has 0 spiro atoms. The number of carbonyl (C=O) groups is 2. The van der Waals surface area contributed by atoms with Crippen LogP contribution in [0.3, 0.4) is 0 Å². The Bertz CT molecular complexity index is 185. The SMILES string of the molecule is O=C(O)C1CCCCN1C(=O)Cl. The molecule has 4 nitrogen and oxygen atoms in total. The number of halogens is 1. The molecule has 1 heterocycles. The standard InChI is InChI=1S/C7H10ClNO3/c8-7(12)9-4-2-1-3-5(9)6(10)11/h5H,1-4H2,(H,10,11). The topological polar surface area (TPSA) is 57.6 Å². The Morgan fingerprint density at radius 3 is 2.50 bits per heavy atom. The summed E-state index contributed by atoms with van der Waals surface area (Å²) in [6.45, 7) is 0.458. The van der Waals surface area contributed by atoms with Gasteiger partial charge in [0.25, 0.3) is 0 Å². The summed E-state index contributed by atoms with van der Waals surface area (Å²) in [5.74, 6) is -0.969. The van der Waals surface area contributed by atoms with Crippen molar-refractivity contribution in [3.05, 3.63) is 0 Å². The summed E-state index contributed by atoms with van der Waals surface area (Å²) < 4.78 is 0. The fraction of sp³-hybridized carbons (Fsp3) is 0.714. The second kappa shape index (κ2) is 3.76. The minimum absolute atomic E-state index is 0.458. The Hall–Kier alpha value is -0.770. The van der Waals surface area contributed by atoms with Crippen molar-refractivity contribution in [2.45, 2.75) is 25.3 Å². The maximum atomic E-state index is 10.7. The van der Waals surface area contributed by atoms with Crippen LogP contribution in [0.4, 0.5) is 4.79 Å². The average Bonchev–Trinajstić information content (AvgIpc) is 2.04. The second-order valence-electron chi connectivity index (χ2n) is 2.80. The third-order valence-electron chi connectivity index (χ3n) is 2.01. The molecular formula is C7H10ClNO3. The van der Waals surface area contributed by atoms with Crippen molar-refractivity contribution in [3.63, 3.8) is 0 Å². The Balaban J connectivity index is 2.67. The van der Waals surface area contributed by atoms with E-state index in [1.807, 2.05) is 0 Å². The first-order valence-electron chi connectivity index (χ1n) is 3.82. The molecule has 12 heavy (non-hydrogen) atoms. The van der Waals surface area contributed by atoms with Gasteiger partial charge in [0, 0.05) is 6.54 Å². The maximum absolute atomic E-state index is 10.7. The van der Waals surface area contributed by atoms with E-state index in [9.17, 15) is 9.59 Å². The monoisotopic (exact) mass is 191 g/mol. The van der Waals surface area contributed by atoms with Crippen LogP contribution in [0.15, 0.2) is 0 Å². The number of piperidine rings is 1. The molecule has 1 N–H and O–H groups in total. The quantitative estimate of drug-likeness (QED) is 0.502. The lowest BCUT2D eigenvalue weighted by atomic mass is 10.0. The molecule has 1 amide bonds. The highest BCUT2D eigenvalue weighted by Gasteiger charge is 2.30. The largest absolute Gasteiger partial charge is 0.480 e. The number of aliphatic carboxylic acids is 1. The highest BCUT2D eigenvalue weighted by molar-refractivity contribution is 6.63. The predicted molar refractivity (Wildman–Crippen MR) is 43.2 cm³/mol. The Morgan fingerprint density at radius 1 is 1.42 bits per heavy atom. The zero-order valence-electron chi connectivity index (χ0n) is 6.49. The van der Waals surface area contributed by atoms with E-state index in [1.54, 1.807) is 0 Å². The van der Waals surface area contributed by atoms with Crippen molar-refractivity contribution in [2.75, 3.05) is 6.54 Å². The predicted octanol–water partition coefficient (Wildman–Crippen LogP) is 1.28. The normalized spacial score (nSPS) is 23.8. The van der Waals surface area contributed by atoms with Gasteiger partial charge in [-0.1, -0.05) is 0 Å². The van der Waals surface area contributed by atoms with E-state index in [2.05, 4.69) is 0 Å². The number of carboxylic acid groups (broad SMARTS) is 1. The van der Waals surface area contributed by atoms with Crippen LogP contribution in [-0.2, 0) is 4.79 Å². The summed E-state index contributed by atoms with van der Waals surface area (Å²) in [5, 5.41) is 8.04. The van der Waals surface area contributed by atoms with E-state index in [0.29, 0.717) is 13.0 Å². The number of hydrogen-bond acceptors (Lipinski definition) is 2. The number of carbonyl (C=O) groups excluding carboxylic acids is 1. The molecule has 0 bridgehead atoms. The van der Waals surface area contributed by atoms with E-state index < -0.39 is 17.4 Å². The highest BCUT2D eigenvalue weighted by Crippen LogP contribution is 2.18. The van der Waals surface area contributed by atoms with Crippen molar-refractivity contribution >= 4 is 22.9 Å². The molecule has 0 saturated carbocycles. The average molecular weight is 192 g/mol. The molecule has 1 unspecified atom stereocenters. The summed E-state index contributed by atoms with van der Waals surface area (Å²) in [6, 6.07) is -0.719.